The third-order valence-electron chi connectivity index (χ3n) is 4.40. The largest absolute Gasteiger partial charge is 0.342 e. The molecule has 3 rings (SSSR count). The summed E-state index contributed by atoms with van der Waals surface area (Å²) in [5.41, 5.74) is 2.26. The number of amides is 1. The van der Waals surface area contributed by atoms with E-state index in [0.717, 1.165) is 17.8 Å². The Labute approximate surface area is 164 Å². The van der Waals surface area contributed by atoms with Gasteiger partial charge in [-0.05, 0) is 36.6 Å². The zero-order chi connectivity index (χ0) is 20.1. The summed E-state index contributed by atoms with van der Waals surface area (Å²) in [7, 11) is 1.81. The van der Waals surface area contributed by atoms with Crippen LogP contribution in [0.1, 0.15) is 48.1 Å². The first-order valence-electron chi connectivity index (χ1n) is 9.10. The summed E-state index contributed by atoms with van der Waals surface area (Å²) in [6, 6.07) is 12.5. The average Bonchev–Trinajstić information content (AvgIpc) is 3.13. The fourth-order valence-electron chi connectivity index (χ4n) is 3.10. The molecule has 7 heteroatoms. The number of aromatic nitrogens is 4. The standard InChI is InChI=1S/C21H22N6O/c1-14(2)10-18(20-24-13-25-27(20)3)26-21(28)16-7-4-6-15(11-16)19-17(12-22)8-5-9-23-19/h4-9,11,13-14,18H,10H2,1-3H3,(H,26,28)/t18-/m1/s1. The third kappa shape index (κ3) is 4.23. The number of rotatable bonds is 6. The molecule has 1 amide bonds. The molecule has 0 saturated carbocycles. The Bertz CT molecular complexity index is 1020. The van der Waals surface area contributed by atoms with Crippen LogP contribution in [-0.4, -0.2) is 25.7 Å². The predicted molar refractivity (Wildman–Crippen MR) is 105 cm³/mol. The van der Waals surface area contributed by atoms with Crippen LogP contribution in [0.2, 0.25) is 0 Å². The number of pyridine rings is 1. The van der Waals surface area contributed by atoms with Gasteiger partial charge in [-0.15, -0.1) is 0 Å². The second kappa shape index (κ2) is 8.44. The molecular weight excluding hydrogens is 352 g/mol. The molecule has 28 heavy (non-hydrogen) atoms. The average molecular weight is 374 g/mol. The fourth-order valence-corrected chi connectivity index (χ4v) is 3.10. The van der Waals surface area contributed by atoms with E-state index in [4.69, 9.17) is 0 Å². The summed E-state index contributed by atoms with van der Waals surface area (Å²) in [5, 5.41) is 16.5. The molecule has 1 aromatic carbocycles. The first-order chi connectivity index (χ1) is 13.5. The van der Waals surface area contributed by atoms with Gasteiger partial charge in [-0.1, -0.05) is 26.0 Å². The molecule has 3 aromatic rings. The van der Waals surface area contributed by atoms with E-state index in [-0.39, 0.29) is 11.9 Å². The lowest BCUT2D eigenvalue weighted by atomic mass is 10.0. The van der Waals surface area contributed by atoms with Crippen molar-refractivity contribution in [3.05, 3.63) is 65.9 Å². The van der Waals surface area contributed by atoms with Crippen molar-refractivity contribution in [2.45, 2.75) is 26.3 Å². The van der Waals surface area contributed by atoms with Crippen LogP contribution >= 0.6 is 0 Å². The number of nitrogens with one attached hydrogen (secondary N) is 1. The molecule has 0 aliphatic carbocycles. The molecule has 0 saturated heterocycles. The number of nitriles is 1. The summed E-state index contributed by atoms with van der Waals surface area (Å²) in [6.45, 7) is 4.20. The minimum Gasteiger partial charge on any atom is -0.342 e. The van der Waals surface area contributed by atoms with Crippen molar-refractivity contribution in [3.63, 3.8) is 0 Å². The predicted octanol–water partition coefficient (Wildman–Crippen LogP) is 3.27. The van der Waals surface area contributed by atoms with Gasteiger partial charge in [-0.3, -0.25) is 14.5 Å². The van der Waals surface area contributed by atoms with E-state index in [0.29, 0.717) is 22.7 Å². The minimum atomic E-state index is -0.242. The third-order valence-corrected chi connectivity index (χ3v) is 4.40. The lowest BCUT2D eigenvalue weighted by Crippen LogP contribution is -2.31. The monoisotopic (exact) mass is 374 g/mol. The summed E-state index contributed by atoms with van der Waals surface area (Å²) in [4.78, 5) is 21.5. The van der Waals surface area contributed by atoms with Gasteiger partial charge in [0, 0.05) is 24.4 Å². The maximum absolute atomic E-state index is 12.9. The quantitative estimate of drug-likeness (QED) is 0.714. The van der Waals surface area contributed by atoms with Crippen LogP contribution in [0.3, 0.4) is 0 Å². The van der Waals surface area contributed by atoms with E-state index in [1.54, 1.807) is 41.2 Å². The molecule has 1 atom stereocenters. The first-order valence-corrected chi connectivity index (χ1v) is 9.10. The topological polar surface area (TPSA) is 96.5 Å². The van der Waals surface area contributed by atoms with E-state index in [1.807, 2.05) is 13.1 Å². The molecule has 142 valence electrons. The number of hydrogen-bond donors (Lipinski definition) is 1. The van der Waals surface area contributed by atoms with Crippen LogP contribution in [0.15, 0.2) is 48.9 Å². The van der Waals surface area contributed by atoms with E-state index >= 15 is 0 Å². The Morgan fingerprint density at radius 2 is 2.07 bits per heavy atom. The maximum atomic E-state index is 12.9. The highest BCUT2D eigenvalue weighted by atomic mass is 16.1. The highest BCUT2D eigenvalue weighted by Gasteiger charge is 2.21. The SMILES string of the molecule is CC(C)C[C@@H](NC(=O)c1cccc(-c2ncccc2C#N)c1)c1ncnn1C. The van der Waals surface area contributed by atoms with Gasteiger partial charge in [0.05, 0.1) is 17.3 Å². The minimum absolute atomic E-state index is 0.204. The smallest absolute Gasteiger partial charge is 0.251 e. The number of nitrogens with zero attached hydrogens (tertiary/aromatic N) is 5. The Morgan fingerprint density at radius 1 is 1.25 bits per heavy atom. The number of carbonyl (C=O) groups excluding carboxylic acids is 1. The summed E-state index contributed by atoms with van der Waals surface area (Å²) >= 11 is 0. The highest BCUT2D eigenvalue weighted by Crippen LogP contribution is 2.23. The highest BCUT2D eigenvalue weighted by molar-refractivity contribution is 5.95. The van der Waals surface area contributed by atoms with Crippen molar-refractivity contribution in [1.82, 2.24) is 25.1 Å². The molecule has 2 heterocycles. The van der Waals surface area contributed by atoms with Gasteiger partial charge in [-0.2, -0.15) is 10.4 Å². The Balaban J connectivity index is 1.88. The lowest BCUT2D eigenvalue weighted by molar-refractivity contribution is 0.0929. The van der Waals surface area contributed by atoms with Gasteiger partial charge in [-0.25, -0.2) is 4.98 Å². The molecule has 2 aromatic heterocycles. The second-order valence-electron chi connectivity index (χ2n) is 6.99. The molecule has 0 spiro atoms. The van der Waals surface area contributed by atoms with Gasteiger partial charge in [0.25, 0.3) is 5.91 Å². The van der Waals surface area contributed by atoms with Gasteiger partial charge >= 0.3 is 0 Å². The van der Waals surface area contributed by atoms with Crippen molar-refractivity contribution >= 4 is 5.91 Å². The number of carbonyl (C=O) groups is 1. The fraction of sp³-hybridized carbons (Fsp3) is 0.286. The molecule has 0 aliphatic rings. The molecule has 0 aliphatic heterocycles. The maximum Gasteiger partial charge on any atom is 0.251 e. The summed E-state index contributed by atoms with van der Waals surface area (Å²) in [6.07, 6.45) is 3.87. The molecular formula is C21H22N6O. The zero-order valence-electron chi connectivity index (χ0n) is 16.1. The summed E-state index contributed by atoms with van der Waals surface area (Å²) < 4.78 is 1.68. The van der Waals surface area contributed by atoms with Crippen LogP contribution < -0.4 is 5.32 Å². The van der Waals surface area contributed by atoms with E-state index in [9.17, 15) is 10.1 Å². The number of hydrogen-bond acceptors (Lipinski definition) is 5. The molecule has 7 nitrogen and oxygen atoms in total. The van der Waals surface area contributed by atoms with Crippen LogP contribution in [0.5, 0.6) is 0 Å². The Kier molecular flexibility index (Phi) is 5.80. The Morgan fingerprint density at radius 3 is 2.75 bits per heavy atom. The first kappa shape index (κ1) is 19.2. The van der Waals surface area contributed by atoms with E-state index in [2.05, 4.69) is 40.3 Å². The molecule has 0 fully saturated rings. The lowest BCUT2D eigenvalue weighted by Gasteiger charge is -2.20. The van der Waals surface area contributed by atoms with Gasteiger partial charge in [0.1, 0.15) is 18.2 Å². The molecule has 1 N–H and O–H groups in total. The number of aryl methyl sites for hydroxylation is 1. The second-order valence-corrected chi connectivity index (χ2v) is 6.99. The number of benzene rings is 1. The normalized spacial score (nSPS) is 11.8. The van der Waals surface area contributed by atoms with Gasteiger partial charge in [0.2, 0.25) is 0 Å². The summed E-state index contributed by atoms with van der Waals surface area (Å²) in [5.74, 6) is 0.889. The van der Waals surface area contributed by atoms with Crippen LogP contribution in [0, 0.1) is 17.2 Å². The van der Waals surface area contributed by atoms with Crippen LogP contribution in [0.25, 0.3) is 11.3 Å². The van der Waals surface area contributed by atoms with Crippen molar-refractivity contribution in [3.8, 4) is 17.3 Å². The van der Waals surface area contributed by atoms with Crippen molar-refractivity contribution in [1.29, 1.82) is 5.26 Å². The molecule has 0 radical (unpaired) electrons. The molecule has 0 unspecified atom stereocenters. The van der Waals surface area contributed by atoms with Gasteiger partial charge in [0.15, 0.2) is 0 Å². The van der Waals surface area contributed by atoms with E-state index in [1.165, 1.54) is 6.33 Å². The van der Waals surface area contributed by atoms with E-state index < -0.39 is 0 Å². The molecule has 0 bridgehead atoms. The van der Waals surface area contributed by atoms with Crippen molar-refractivity contribution in [2.24, 2.45) is 13.0 Å². The van der Waals surface area contributed by atoms with Gasteiger partial charge < -0.3 is 5.32 Å². The van der Waals surface area contributed by atoms with Crippen molar-refractivity contribution < 1.29 is 4.79 Å². The van der Waals surface area contributed by atoms with Crippen LogP contribution in [-0.2, 0) is 7.05 Å². The zero-order valence-corrected chi connectivity index (χ0v) is 16.1. The van der Waals surface area contributed by atoms with Crippen LogP contribution in [0.4, 0.5) is 0 Å². The van der Waals surface area contributed by atoms with Crippen molar-refractivity contribution in [2.75, 3.05) is 0 Å². The Hall–Kier alpha value is -3.53.